The van der Waals surface area contributed by atoms with Gasteiger partial charge in [0, 0.05) is 12.1 Å². The van der Waals surface area contributed by atoms with Crippen LogP contribution in [0, 0.1) is 5.82 Å². The van der Waals surface area contributed by atoms with E-state index in [1.807, 2.05) is 0 Å². The third kappa shape index (κ3) is 2.37. The Morgan fingerprint density at radius 3 is 2.07 bits per heavy atom. The van der Waals surface area contributed by atoms with Gasteiger partial charge in [-0.2, -0.15) is 8.42 Å². The normalized spacial score (nSPS) is 11.2. The average molecular weight is 236 g/mol. The van der Waals surface area contributed by atoms with Crippen LogP contribution in [0.2, 0.25) is 0 Å². The second-order valence-electron chi connectivity index (χ2n) is 2.61. The summed E-state index contributed by atoms with van der Waals surface area (Å²) in [6.07, 6.45) is 0. The van der Waals surface area contributed by atoms with Gasteiger partial charge in [0.2, 0.25) is 0 Å². The number of methoxy groups -OCH3 is 2. The minimum Gasteiger partial charge on any atom is -0.493 e. The number of hydrogen-bond acceptors (Lipinski definition) is 4. The molecular weight excluding hydrogens is 227 g/mol. The van der Waals surface area contributed by atoms with Crippen LogP contribution in [-0.2, 0) is 10.1 Å². The highest BCUT2D eigenvalue weighted by molar-refractivity contribution is 7.85. The van der Waals surface area contributed by atoms with Crippen LogP contribution in [-0.4, -0.2) is 27.2 Å². The van der Waals surface area contributed by atoms with E-state index in [9.17, 15) is 12.8 Å². The van der Waals surface area contributed by atoms with Crippen LogP contribution in [0.15, 0.2) is 17.0 Å². The molecule has 0 atom stereocenters. The lowest BCUT2D eigenvalue weighted by Crippen LogP contribution is -2.03. The van der Waals surface area contributed by atoms with Gasteiger partial charge < -0.3 is 9.47 Å². The lowest BCUT2D eigenvalue weighted by Gasteiger charge is -2.09. The maximum absolute atomic E-state index is 13.2. The Hall–Kier alpha value is -1.34. The largest absolute Gasteiger partial charge is 0.493 e. The van der Waals surface area contributed by atoms with Gasteiger partial charge in [-0.25, -0.2) is 4.39 Å². The van der Waals surface area contributed by atoms with Crippen LogP contribution in [0.3, 0.4) is 0 Å². The van der Waals surface area contributed by atoms with Crippen molar-refractivity contribution in [2.45, 2.75) is 4.90 Å². The predicted octanol–water partition coefficient (Wildman–Crippen LogP) is 1.09. The monoisotopic (exact) mass is 236 g/mol. The molecule has 1 rings (SSSR count). The Morgan fingerprint density at radius 2 is 1.67 bits per heavy atom. The van der Waals surface area contributed by atoms with Crippen molar-refractivity contribution in [1.29, 1.82) is 0 Å². The van der Waals surface area contributed by atoms with Gasteiger partial charge in [0.15, 0.2) is 11.5 Å². The standard InChI is InChI=1S/C8H9FO5S/c1-13-6-3-5(9)8(15(10,11)12)4-7(6)14-2/h3-4H,1-2H3,(H,10,11,12). The third-order valence-electron chi connectivity index (χ3n) is 1.72. The van der Waals surface area contributed by atoms with Gasteiger partial charge >= 0.3 is 0 Å². The zero-order chi connectivity index (χ0) is 11.6. The molecule has 0 fully saturated rings. The summed E-state index contributed by atoms with van der Waals surface area (Å²) in [7, 11) is -2.05. The summed E-state index contributed by atoms with van der Waals surface area (Å²) >= 11 is 0. The van der Waals surface area contributed by atoms with Gasteiger partial charge in [0.1, 0.15) is 10.7 Å². The fourth-order valence-electron chi connectivity index (χ4n) is 1.03. The highest BCUT2D eigenvalue weighted by atomic mass is 32.2. The first-order chi connectivity index (χ1) is 6.90. The molecule has 0 saturated carbocycles. The number of ether oxygens (including phenoxy) is 2. The summed E-state index contributed by atoms with van der Waals surface area (Å²) in [5, 5.41) is 0. The van der Waals surface area contributed by atoms with Crippen LogP contribution in [0.4, 0.5) is 4.39 Å². The molecule has 0 radical (unpaired) electrons. The minimum atomic E-state index is -4.60. The van der Waals surface area contributed by atoms with Crippen LogP contribution in [0.25, 0.3) is 0 Å². The molecule has 1 N–H and O–H groups in total. The van der Waals surface area contributed by atoms with Crippen LogP contribution in [0.1, 0.15) is 0 Å². The summed E-state index contributed by atoms with van der Waals surface area (Å²) in [6.45, 7) is 0. The molecule has 1 aromatic carbocycles. The van der Waals surface area contributed by atoms with E-state index in [0.717, 1.165) is 12.1 Å². The number of hydrogen-bond donors (Lipinski definition) is 1. The van der Waals surface area contributed by atoms with E-state index in [1.165, 1.54) is 14.2 Å². The third-order valence-corrected chi connectivity index (χ3v) is 2.58. The van der Waals surface area contributed by atoms with Crippen molar-refractivity contribution in [2.75, 3.05) is 14.2 Å². The molecule has 0 aromatic heterocycles. The van der Waals surface area contributed by atoms with Crippen molar-refractivity contribution in [3.05, 3.63) is 17.9 Å². The number of benzene rings is 1. The quantitative estimate of drug-likeness (QED) is 0.795. The molecule has 0 bridgehead atoms. The zero-order valence-corrected chi connectivity index (χ0v) is 8.84. The second-order valence-corrected chi connectivity index (χ2v) is 4.00. The van der Waals surface area contributed by atoms with E-state index >= 15 is 0 Å². The molecule has 0 saturated heterocycles. The number of rotatable bonds is 3. The van der Waals surface area contributed by atoms with Crippen molar-refractivity contribution in [1.82, 2.24) is 0 Å². The first-order valence-electron chi connectivity index (χ1n) is 3.79. The lowest BCUT2D eigenvalue weighted by molar-refractivity contribution is 0.349. The first kappa shape index (κ1) is 11.7. The van der Waals surface area contributed by atoms with Gasteiger partial charge in [0.05, 0.1) is 14.2 Å². The molecular formula is C8H9FO5S. The van der Waals surface area contributed by atoms with E-state index in [1.54, 1.807) is 0 Å². The van der Waals surface area contributed by atoms with Gasteiger partial charge in [-0.3, -0.25) is 4.55 Å². The molecule has 15 heavy (non-hydrogen) atoms. The van der Waals surface area contributed by atoms with Gasteiger partial charge in [-0.15, -0.1) is 0 Å². The Bertz CT molecular complexity index is 468. The van der Waals surface area contributed by atoms with Gasteiger partial charge in [-0.1, -0.05) is 0 Å². The molecule has 0 aliphatic rings. The highest BCUT2D eigenvalue weighted by Crippen LogP contribution is 2.31. The molecule has 84 valence electrons. The first-order valence-corrected chi connectivity index (χ1v) is 5.23. The molecule has 0 spiro atoms. The summed E-state index contributed by atoms with van der Waals surface area (Å²) in [5.41, 5.74) is 0. The summed E-state index contributed by atoms with van der Waals surface area (Å²) in [6, 6.07) is 1.67. The van der Waals surface area contributed by atoms with E-state index in [2.05, 4.69) is 0 Å². The molecule has 0 aliphatic carbocycles. The van der Waals surface area contributed by atoms with Crippen molar-refractivity contribution in [3.8, 4) is 11.5 Å². The lowest BCUT2D eigenvalue weighted by atomic mass is 10.3. The Labute approximate surface area is 86.2 Å². The smallest absolute Gasteiger partial charge is 0.297 e. The van der Waals surface area contributed by atoms with E-state index < -0.39 is 20.8 Å². The molecule has 0 aliphatic heterocycles. The summed E-state index contributed by atoms with van der Waals surface area (Å²) in [5.74, 6) is -1.04. The van der Waals surface area contributed by atoms with Crippen LogP contribution < -0.4 is 9.47 Å². The van der Waals surface area contributed by atoms with E-state index in [-0.39, 0.29) is 11.5 Å². The molecule has 1 aromatic rings. The Morgan fingerprint density at radius 1 is 1.20 bits per heavy atom. The Kier molecular flexibility index (Phi) is 3.15. The fourth-order valence-corrected chi connectivity index (χ4v) is 1.59. The van der Waals surface area contributed by atoms with Gasteiger partial charge in [0.25, 0.3) is 10.1 Å². The maximum Gasteiger partial charge on any atom is 0.297 e. The van der Waals surface area contributed by atoms with Gasteiger partial charge in [-0.05, 0) is 0 Å². The SMILES string of the molecule is COc1cc(F)c(S(=O)(=O)O)cc1OC. The van der Waals surface area contributed by atoms with Crippen molar-refractivity contribution in [2.24, 2.45) is 0 Å². The topological polar surface area (TPSA) is 72.8 Å². The van der Waals surface area contributed by atoms with E-state index in [4.69, 9.17) is 14.0 Å². The van der Waals surface area contributed by atoms with E-state index in [0.29, 0.717) is 0 Å². The summed E-state index contributed by atoms with van der Waals surface area (Å²) < 4.78 is 52.8. The highest BCUT2D eigenvalue weighted by Gasteiger charge is 2.20. The molecule has 5 nitrogen and oxygen atoms in total. The molecule has 7 heteroatoms. The molecule has 0 unspecified atom stereocenters. The van der Waals surface area contributed by atoms with Crippen molar-refractivity contribution in [3.63, 3.8) is 0 Å². The minimum absolute atomic E-state index is 0.0199. The number of halogens is 1. The Balaban J connectivity index is 3.46. The molecule has 0 amide bonds. The van der Waals surface area contributed by atoms with Crippen LogP contribution in [0.5, 0.6) is 11.5 Å². The second kappa shape index (κ2) is 4.03. The van der Waals surface area contributed by atoms with Crippen LogP contribution >= 0.6 is 0 Å². The molecule has 0 heterocycles. The van der Waals surface area contributed by atoms with Crippen molar-refractivity contribution < 1.29 is 26.8 Å². The fraction of sp³-hybridized carbons (Fsp3) is 0.250. The van der Waals surface area contributed by atoms with Crippen molar-refractivity contribution >= 4 is 10.1 Å². The predicted molar refractivity (Wildman–Crippen MR) is 49.3 cm³/mol. The maximum atomic E-state index is 13.2. The zero-order valence-electron chi connectivity index (χ0n) is 8.02. The summed E-state index contributed by atoms with van der Waals surface area (Å²) in [4.78, 5) is -0.847. The average Bonchev–Trinajstić information content (AvgIpc) is 2.15.